The predicted molar refractivity (Wildman–Crippen MR) is 53.4 cm³/mol. The molecule has 0 bridgehead atoms. The molecule has 0 aliphatic heterocycles. The molecule has 0 saturated heterocycles. The molecule has 1 saturated carbocycles. The van der Waals surface area contributed by atoms with E-state index in [1.165, 1.54) is 0 Å². The van der Waals surface area contributed by atoms with Gasteiger partial charge < -0.3 is 4.79 Å². The van der Waals surface area contributed by atoms with Gasteiger partial charge >= 0.3 is 0 Å². The molecule has 0 aromatic heterocycles. The van der Waals surface area contributed by atoms with E-state index in [9.17, 15) is 4.79 Å². The SMILES string of the molecule is O=CC1(c2cc(Cl)ccc2Cl)CC1. The minimum absolute atomic E-state index is 0.331. The monoisotopic (exact) mass is 214 g/mol. The van der Waals surface area contributed by atoms with Crippen LogP contribution in [-0.4, -0.2) is 6.29 Å². The van der Waals surface area contributed by atoms with E-state index < -0.39 is 0 Å². The first-order valence-corrected chi connectivity index (χ1v) is 4.85. The van der Waals surface area contributed by atoms with Gasteiger partial charge in [-0.15, -0.1) is 0 Å². The normalized spacial score (nSPS) is 18.3. The third-order valence-corrected chi connectivity index (χ3v) is 3.04. The number of carbonyl (C=O) groups is 1. The van der Waals surface area contributed by atoms with E-state index in [-0.39, 0.29) is 5.41 Å². The summed E-state index contributed by atoms with van der Waals surface area (Å²) in [6, 6.07) is 5.25. The van der Waals surface area contributed by atoms with Crippen molar-refractivity contribution in [2.45, 2.75) is 18.3 Å². The lowest BCUT2D eigenvalue weighted by molar-refractivity contribution is -0.109. The van der Waals surface area contributed by atoms with Gasteiger partial charge in [0.25, 0.3) is 0 Å². The maximum Gasteiger partial charge on any atom is 0.130 e. The Hall–Kier alpha value is -0.530. The predicted octanol–water partition coefficient (Wildman–Crippen LogP) is 3.22. The van der Waals surface area contributed by atoms with Crippen molar-refractivity contribution in [3.8, 4) is 0 Å². The van der Waals surface area contributed by atoms with Crippen molar-refractivity contribution in [3.05, 3.63) is 33.8 Å². The molecule has 1 aromatic carbocycles. The molecule has 0 radical (unpaired) electrons. The second-order valence-electron chi connectivity index (χ2n) is 3.40. The topological polar surface area (TPSA) is 17.1 Å². The van der Waals surface area contributed by atoms with Crippen LogP contribution in [0.25, 0.3) is 0 Å². The van der Waals surface area contributed by atoms with E-state index in [1.807, 2.05) is 0 Å². The fourth-order valence-electron chi connectivity index (χ4n) is 1.46. The summed E-state index contributed by atoms with van der Waals surface area (Å²) in [5.41, 5.74) is 0.541. The highest BCUT2D eigenvalue weighted by atomic mass is 35.5. The highest BCUT2D eigenvalue weighted by Gasteiger charge is 2.45. The van der Waals surface area contributed by atoms with Gasteiger partial charge in [0.05, 0.1) is 5.41 Å². The lowest BCUT2D eigenvalue weighted by atomic mass is 9.98. The van der Waals surface area contributed by atoms with E-state index in [0.29, 0.717) is 10.0 Å². The largest absolute Gasteiger partial charge is 0.302 e. The van der Waals surface area contributed by atoms with Crippen molar-refractivity contribution in [1.29, 1.82) is 0 Å². The smallest absolute Gasteiger partial charge is 0.130 e. The molecule has 2 rings (SSSR count). The van der Waals surface area contributed by atoms with Gasteiger partial charge in [-0.3, -0.25) is 0 Å². The van der Waals surface area contributed by atoms with Crippen molar-refractivity contribution in [1.82, 2.24) is 0 Å². The zero-order valence-electron chi connectivity index (χ0n) is 6.89. The number of aldehydes is 1. The van der Waals surface area contributed by atoms with Crippen LogP contribution in [0.4, 0.5) is 0 Å². The molecule has 13 heavy (non-hydrogen) atoms. The number of hydrogen-bond acceptors (Lipinski definition) is 1. The van der Waals surface area contributed by atoms with Gasteiger partial charge in [0.2, 0.25) is 0 Å². The molecular formula is C10H8Cl2O. The second kappa shape index (κ2) is 3.00. The van der Waals surface area contributed by atoms with Crippen LogP contribution in [0.5, 0.6) is 0 Å². The van der Waals surface area contributed by atoms with Crippen LogP contribution in [0.3, 0.4) is 0 Å². The summed E-state index contributed by atoms with van der Waals surface area (Å²) in [6.07, 6.45) is 2.75. The Labute approximate surface area is 86.7 Å². The molecule has 0 atom stereocenters. The van der Waals surface area contributed by atoms with Gasteiger partial charge in [-0.25, -0.2) is 0 Å². The number of carbonyl (C=O) groups excluding carboxylic acids is 1. The molecule has 1 fully saturated rings. The van der Waals surface area contributed by atoms with Crippen LogP contribution in [0.15, 0.2) is 18.2 Å². The zero-order valence-corrected chi connectivity index (χ0v) is 8.40. The Bertz CT molecular complexity index is 356. The molecule has 0 heterocycles. The third-order valence-electron chi connectivity index (χ3n) is 2.48. The van der Waals surface area contributed by atoms with Crippen molar-refractivity contribution >= 4 is 29.5 Å². The minimum atomic E-state index is -0.331. The first kappa shape index (κ1) is 9.04. The van der Waals surface area contributed by atoms with E-state index in [4.69, 9.17) is 23.2 Å². The Kier molecular flexibility index (Phi) is 2.09. The summed E-state index contributed by atoms with van der Waals surface area (Å²) < 4.78 is 0. The maximum absolute atomic E-state index is 10.9. The lowest BCUT2D eigenvalue weighted by Gasteiger charge is -2.09. The van der Waals surface area contributed by atoms with Gasteiger partial charge in [-0.1, -0.05) is 23.2 Å². The fraction of sp³-hybridized carbons (Fsp3) is 0.300. The molecule has 1 aliphatic rings. The number of rotatable bonds is 2. The number of benzene rings is 1. The van der Waals surface area contributed by atoms with Crippen molar-refractivity contribution < 1.29 is 4.79 Å². The second-order valence-corrected chi connectivity index (χ2v) is 4.24. The molecule has 1 aliphatic carbocycles. The van der Waals surface area contributed by atoms with E-state index in [0.717, 1.165) is 24.7 Å². The Morgan fingerprint density at radius 1 is 1.31 bits per heavy atom. The molecule has 0 spiro atoms. The summed E-state index contributed by atoms with van der Waals surface area (Å²) in [7, 11) is 0. The lowest BCUT2D eigenvalue weighted by Crippen LogP contribution is -2.08. The molecule has 1 aromatic rings. The molecule has 0 amide bonds. The van der Waals surface area contributed by atoms with Crippen molar-refractivity contribution in [2.24, 2.45) is 0 Å². The minimum Gasteiger partial charge on any atom is -0.302 e. The molecule has 0 unspecified atom stereocenters. The van der Waals surface area contributed by atoms with Crippen LogP contribution in [0.1, 0.15) is 18.4 Å². The Morgan fingerprint density at radius 2 is 2.00 bits per heavy atom. The Morgan fingerprint density at radius 3 is 2.54 bits per heavy atom. The van der Waals surface area contributed by atoms with Gasteiger partial charge in [0.15, 0.2) is 0 Å². The summed E-state index contributed by atoms with van der Waals surface area (Å²) in [4.78, 5) is 10.9. The molecule has 68 valence electrons. The van der Waals surface area contributed by atoms with Gasteiger partial charge in [-0.05, 0) is 36.6 Å². The summed E-state index contributed by atoms with van der Waals surface area (Å²) in [5, 5.41) is 1.27. The highest BCUT2D eigenvalue weighted by molar-refractivity contribution is 6.33. The molecule has 1 nitrogen and oxygen atoms in total. The number of hydrogen-bond donors (Lipinski definition) is 0. The zero-order chi connectivity index (χ0) is 9.47. The quantitative estimate of drug-likeness (QED) is 0.692. The van der Waals surface area contributed by atoms with Gasteiger partial charge in [0, 0.05) is 10.0 Å². The summed E-state index contributed by atoms with van der Waals surface area (Å²) in [5.74, 6) is 0. The average Bonchev–Trinajstić information content (AvgIpc) is 2.90. The van der Waals surface area contributed by atoms with Crippen molar-refractivity contribution in [3.63, 3.8) is 0 Å². The highest BCUT2D eigenvalue weighted by Crippen LogP contribution is 2.49. The molecule has 0 N–H and O–H groups in total. The van der Waals surface area contributed by atoms with Crippen LogP contribution >= 0.6 is 23.2 Å². The Balaban J connectivity index is 2.50. The first-order chi connectivity index (χ1) is 6.18. The summed E-state index contributed by atoms with van der Waals surface area (Å²) in [6.45, 7) is 0. The first-order valence-electron chi connectivity index (χ1n) is 4.10. The van der Waals surface area contributed by atoms with Crippen LogP contribution < -0.4 is 0 Å². The van der Waals surface area contributed by atoms with E-state index in [2.05, 4.69) is 0 Å². The van der Waals surface area contributed by atoms with Gasteiger partial charge in [-0.2, -0.15) is 0 Å². The van der Waals surface area contributed by atoms with Crippen LogP contribution in [0, 0.1) is 0 Å². The van der Waals surface area contributed by atoms with E-state index in [1.54, 1.807) is 18.2 Å². The van der Waals surface area contributed by atoms with Crippen LogP contribution in [-0.2, 0) is 10.2 Å². The molecular weight excluding hydrogens is 207 g/mol. The maximum atomic E-state index is 10.9. The van der Waals surface area contributed by atoms with Crippen molar-refractivity contribution in [2.75, 3.05) is 0 Å². The summed E-state index contributed by atoms with van der Waals surface area (Å²) >= 11 is 11.8. The third kappa shape index (κ3) is 1.47. The standard InChI is InChI=1S/C10H8Cl2O/c11-7-1-2-9(12)8(5-7)10(6-13)3-4-10/h1-2,5-6H,3-4H2. The molecule has 3 heteroatoms. The van der Waals surface area contributed by atoms with Crippen LogP contribution in [0.2, 0.25) is 10.0 Å². The van der Waals surface area contributed by atoms with E-state index >= 15 is 0 Å². The average molecular weight is 215 g/mol. The number of halogens is 2. The fourth-order valence-corrected chi connectivity index (χ4v) is 1.94. The van der Waals surface area contributed by atoms with Gasteiger partial charge in [0.1, 0.15) is 6.29 Å².